The number of aliphatic hydroxyl groups excluding tert-OH is 2. The molecule has 1 aliphatic rings. The van der Waals surface area contributed by atoms with Gasteiger partial charge in [0.1, 0.15) is 5.56 Å². The summed E-state index contributed by atoms with van der Waals surface area (Å²) in [6.45, 7) is -0.214. The van der Waals surface area contributed by atoms with Gasteiger partial charge in [-0.05, 0) is 33.9 Å². The Morgan fingerprint density at radius 3 is 2.09 bits per heavy atom. The summed E-state index contributed by atoms with van der Waals surface area (Å²) in [5.74, 6) is -11.3. The molecule has 5 rings (SSSR count). The molecule has 0 aliphatic carbocycles. The normalized spacial score (nSPS) is 18.0. The van der Waals surface area contributed by atoms with E-state index in [0.717, 1.165) is 27.8 Å². The summed E-state index contributed by atoms with van der Waals surface area (Å²) in [5.41, 5.74) is 3.07. The van der Waals surface area contributed by atoms with Gasteiger partial charge in [0.25, 0.3) is 5.91 Å². The van der Waals surface area contributed by atoms with Crippen LogP contribution in [0.5, 0.6) is 0 Å². The predicted molar refractivity (Wildman–Crippen MR) is 162 cm³/mol. The Morgan fingerprint density at radius 1 is 0.783 bits per heavy atom. The number of carbonyl (C=O) groups excluding carboxylic acids is 1. The highest BCUT2D eigenvalue weighted by atomic mass is 32.2. The number of ether oxygens (including phenoxy) is 2. The van der Waals surface area contributed by atoms with Gasteiger partial charge < -0.3 is 25.0 Å². The van der Waals surface area contributed by atoms with E-state index in [0.29, 0.717) is 23.5 Å². The zero-order valence-corrected chi connectivity index (χ0v) is 25.1. The maximum Gasteiger partial charge on any atom is 0.257 e. The Hall–Kier alpha value is -3.81. The highest BCUT2D eigenvalue weighted by Crippen LogP contribution is 2.39. The van der Waals surface area contributed by atoms with E-state index in [1.807, 2.05) is 54.6 Å². The average Bonchev–Trinajstić information content (AvgIpc) is 3.09. The van der Waals surface area contributed by atoms with Crippen LogP contribution in [0.2, 0.25) is 0 Å². The molecule has 1 fully saturated rings. The molecule has 0 bridgehead atoms. The van der Waals surface area contributed by atoms with Crippen molar-refractivity contribution >= 4 is 17.7 Å². The minimum atomic E-state index is -2.34. The summed E-state index contributed by atoms with van der Waals surface area (Å²) in [4.78, 5) is 12.4. The monoisotopic (exact) mass is 659 g/mol. The Labute approximate surface area is 266 Å². The molecule has 0 aromatic heterocycles. The summed E-state index contributed by atoms with van der Waals surface area (Å²) < 4.78 is 81.2. The average molecular weight is 660 g/mol. The van der Waals surface area contributed by atoms with E-state index in [1.54, 1.807) is 30.0 Å². The van der Waals surface area contributed by atoms with Gasteiger partial charge in [0.15, 0.2) is 29.6 Å². The minimum absolute atomic E-state index is 0.0553. The summed E-state index contributed by atoms with van der Waals surface area (Å²) in [5, 5.41) is 20.8. The molecule has 0 radical (unpaired) electrons. The van der Waals surface area contributed by atoms with Crippen LogP contribution in [0.4, 0.5) is 22.0 Å². The fourth-order valence-corrected chi connectivity index (χ4v) is 5.84. The summed E-state index contributed by atoms with van der Waals surface area (Å²) >= 11 is 1.59. The molecule has 3 atom stereocenters. The first-order chi connectivity index (χ1) is 22.2. The second kappa shape index (κ2) is 15.2. The van der Waals surface area contributed by atoms with Crippen LogP contribution in [0, 0.1) is 29.1 Å². The molecule has 1 aliphatic heterocycles. The Balaban J connectivity index is 1.29. The van der Waals surface area contributed by atoms with Crippen LogP contribution in [0.3, 0.4) is 0 Å². The van der Waals surface area contributed by atoms with Crippen molar-refractivity contribution in [2.75, 3.05) is 18.1 Å². The van der Waals surface area contributed by atoms with Gasteiger partial charge in [0.05, 0.1) is 25.4 Å². The first kappa shape index (κ1) is 33.6. The van der Waals surface area contributed by atoms with Crippen LogP contribution in [-0.2, 0) is 22.6 Å². The number of benzene rings is 4. The van der Waals surface area contributed by atoms with Crippen LogP contribution in [0.1, 0.15) is 51.4 Å². The number of carbonyl (C=O) groups is 1. The van der Waals surface area contributed by atoms with Gasteiger partial charge in [-0.3, -0.25) is 4.79 Å². The molecule has 6 nitrogen and oxygen atoms in total. The SMILES string of the molecule is O=C(NCc1cccc(-c2ccc(C3OC(CSCCO)CC(c4ccc(CO)cc4)O3)cc2)c1)c1c(F)c(F)c(F)c(F)c1F. The first-order valence-electron chi connectivity index (χ1n) is 14.4. The lowest BCUT2D eigenvalue weighted by atomic mass is 9.99. The van der Waals surface area contributed by atoms with Crippen LogP contribution in [0.15, 0.2) is 72.8 Å². The number of rotatable bonds is 11. The quantitative estimate of drug-likeness (QED) is 0.0716. The molecular weight excluding hydrogens is 629 g/mol. The second-order valence-electron chi connectivity index (χ2n) is 10.6. The zero-order valence-electron chi connectivity index (χ0n) is 24.3. The molecule has 242 valence electrons. The molecule has 12 heteroatoms. The van der Waals surface area contributed by atoms with E-state index < -0.39 is 46.8 Å². The molecule has 46 heavy (non-hydrogen) atoms. The van der Waals surface area contributed by atoms with Crippen molar-refractivity contribution in [2.24, 2.45) is 0 Å². The molecule has 0 saturated carbocycles. The van der Waals surface area contributed by atoms with Gasteiger partial charge in [-0.15, -0.1) is 0 Å². The molecule has 1 heterocycles. The van der Waals surface area contributed by atoms with Gasteiger partial charge in [-0.25, -0.2) is 22.0 Å². The van der Waals surface area contributed by atoms with Gasteiger partial charge in [-0.1, -0.05) is 66.7 Å². The maximum atomic E-state index is 14.0. The minimum Gasteiger partial charge on any atom is -0.396 e. The van der Waals surface area contributed by atoms with Crippen LogP contribution in [-0.4, -0.2) is 40.3 Å². The number of hydrogen-bond acceptors (Lipinski definition) is 6. The van der Waals surface area contributed by atoms with Gasteiger partial charge >= 0.3 is 0 Å². The number of amides is 1. The lowest BCUT2D eigenvalue weighted by Crippen LogP contribution is -2.31. The first-order valence-corrected chi connectivity index (χ1v) is 15.5. The van der Waals surface area contributed by atoms with Crippen molar-refractivity contribution in [1.29, 1.82) is 0 Å². The molecule has 3 unspecified atom stereocenters. The highest BCUT2D eigenvalue weighted by Gasteiger charge is 2.32. The Morgan fingerprint density at radius 2 is 1.43 bits per heavy atom. The van der Waals surface area contributed by atoms with Gasteiger partial charge in [0, 0.05) is 30.0 Å². The largest absolute Gasteiger partial charge is 0.396 e. The second-order valence-corrected chi connectivity index (χ2v) is 11.7. The lowest BCUT2D eigenvalue weighted by Gasteiger charge is -2.36. The number of halogens is 5. The van der Waals surface area contributed by atoms with Crippen molar-refractivity contribution in [3.8, 4) is 11.1 Å². The number of thioether (sulfide) groups is 1. The summed E-state index contributed by atoms with van der Waals surface area (Å²) in [6.07, 6.45) is -0.413. The number of nitrogens with one attached hydrogen (secondary N) is 1. The van der Waals surface area contributed by atoms with Gasteiger partial charge in [-0.2, -0.15) is 11.8 Å². The fraction of sp³-hybridized carbons (Fsp3) is 0.265. The third-order valence-electron chi connectivity index (χ3n) is 7.49. The van der Waals surface area contributed by atoms with E-state index in [-0.39, 0.29) is 32.0 Å². The van der Waals surface area contributed by atoms with Crippen LogP contribution < -0.4 is 5.32 Å². The molecule has 0 spiro atoms. The topological polar surface area (TPSA) is 88.0 Å². The van der Waals surface area contributed by atoms with Crippen molar-refractivity contribution in [1.82, 2.24) is 5.32 Å². The van der Waals surface area contributed by atoms with Gasteiger partial charge in [0.2, 0.25) is 5.82 Å². The summed E-state index contributed by atoms with van der Waals surface area (Å²) in [7, 11) is 0. The molecule has 1 amide bonds. The smallest absolute Gasteiger partial charge is 0.257 e. The summed E-state index contributed by atoms with van der Waals surface area (Å²) in [6, 6.07) is 21.9. The van der Waals surface area contributed by atoms with E-state index in [2.05, 4.69) is 5.32 Å². The van der Waals surface area contributed by atoms with Crippen molar-refractivity contribution in [3.05, 3.63) is 130 Å². The zero-order chi connectivity index (χ0) is 32.8. The van der Waals surface area contributed by atoms with E-state index in [1.165, 1.54) is 0 Å². The highest BCUT2D eigenvalue weighted by molar-refractivity contribution is 7.99. The predicted octanol–water partition coefficient (Wildman–Crippen LogP) is 6.74. The lowest BCUT2D eigenvalue weighted by molar-refractivity contribution is -0.245. The third kappa shape index (κ3) is 7.59. The van der Waals surface area contributed by atoms with E-state index >= 15 is 0 Å². The molecule has 1 saturated heterocycles. The molecule has 4 aromatic carbocycles. The van der Waals surface area contributed by atoms with Crippen LogP contribution in [0.25, 0.3) is 11.1 Å². The molecule has 4 aromatic rings. The number of hydrogen-bond donors (Lipinski definition) is 3. The Bertz CT molecular complexity index is 1640. The molecule has 3 N–H and O–H groups in total. The van der Waals surface area contributed by atoms with Crippen molar-refractivity contribution < 1.29 is 46.4 Å². The fourth-order valence-electron chi connectivity index (χ4n) is 5.07. The van der Waals surface area contributed by atoms with Crippen LogP contribution >= 0.6 is 11.8 Å². The van der Waals surface area contributed by atoms with Crippen molar-refractivity contribution in [3.63, 3.8) is 0 Å². The van der Waals surface area contributed by atoms with E-state index in [4.69, 9.17) is 9.47 Å². The van der Waals surface area contributed by atoms with E-state index in [9.17, 15) is 37.0 Å². The molecular formula is C34H30F5NO5S. The number of aliphatic hydroxyl groups is 2. The third-order valence-corrected chi connectivity index (χ3v) is 8.57. The maximum absolute atomic E-state index is 14.0. The standard InChI is InChI=1S/C34H30F5NO5S/c35-28-27(29(36)31(38)32(39)30(28)37)33(43)40-16-20-2-1-3-24(14-20)21-8-10-23(11-9-21)34-44-25(18-46-13-12-41)15-26(45-34)22-6-4-19(17-42)5-7-22/h1-11,14,25-26,34,41-42H,12-13,15-18H2,(H,40,43). The van der Waals surface area contributed by atoms with Crippen molar-refractivity contribution in [2.45, 2.75) is 38.1 Å². The Kier molecular flexibility index (Phi) is 11.1.